The van der Waals surface area contributed by atoms with E-state index in [-0.39, 0.29) is 5.25 Å². The first-order valence-electron chi connectivity index (χ1n) is 5.91. The lowest BCUT2D eigenvalue weighted by molar-refractivity contribution is 0.499. The molecule has 1 saturated heterocycles. The van der Waals surface area contributed by atoms with Crippen LogP contribution in [0.3, 0.4) is 0 Å². The third kappa shape index (κ3) is 3.03. The Labute approximate surface area is 108 Å². The summed E-state index contributed by atoms with van der Waals surface area (Å²) in [5.74, 6) is 2.49. The van der Waals surface area contributed by atoms with Gasteiger partial charge in [0.2, 0.25) is 10.0 Å². The van der Waals surface area contributed by atoms with E-state index < -0.39 is 10.0 Å². The monoisotopic (exact) mass is 264 g/mol. The molecule has 1 fully saturated rings. The van der Waals surface area contributed by atoms with Gasteiger partial charge in [0.1, 0.15) is 0 Å². The van der Waals surface area contributed by atoms with Crippen LogP contribution in [0, 0.1) is 12.3 Å². The van der Waals surface area contributed by atoms with Gasteiger partial charge in [-0.15, -0.1) is 6.42 Å². The average Bonchev–Trinajstić information content (AvgIpc) is 2.39. The van der Waals surface area contributed by atoms with E-state index in [4.69, 9.17) is 6.42 Å². The zero-order valence-corrected chi connectivity index (χ0v) is 10.8. The minimum absolute atomic E-state index is 0.374. The topological polar surface area (TPSA) is 58.2 Å². The summed E-state index contributed by atoms with van der Waals surface area (Å²) < 4.78 is 26.9. The van der Waals surface area contributed by atoms with E-state index in [9.17, 15) is 8.42 Å². The Kier molecular flexibility index (Phi) is 3.90. The summed E-state index contributed by atoms with van der Waals surface area (Å²) in [6, 6.07) is 6.87. The Morgan fingerprint density at radius 1 is 1.44 bits per heavy atom. The Morgan fingerprint density at radius 3 is 2.94 bits per heavy atom. The van der Waals surface area contributed by atoms with Crippen LogP contribution in [0.1, 0.15) is 18.4 Å². The molecule has 0 bridgehead atoms. The Morgan fingerprint density at radius 2 is 2.28 bits per heavy atom. The van der Waals surface area contributed by atoms with Crippen LogP contribution in [0.25, 0.3) is 0 Å². The van der Waals surface area contributed by atoms with Crippen molar-refractivity contribution in [3.05, 3.63) is 29.8 Å². The first-order valence-corrected chi connectivity index (χ1v) is 7.45. The van der Waals surface area contributed by atoms with Gasteiger partial charge in [-0.05, 0) is 37.6 Å². The van der Waals surface area contributed by atoms with Gasteiger partial charge in [-0.25, -0.2) is 8.42 Å². The summed E-state index contributed by atoms with van der Waals surface area (Å²) in [5, 5.41) is 2.72. The predicted octanol–water partition coefficient (Wildman–Crippen LogP) is 1.16. The van der Waals surface area contributed by atoms with Crippen molar-refractivity contribution in [2.75, 3.05) is 17.8 Å². The molecule has 96 valence electrons. The molecule has 0 radical (unpaired) electrons. The number of terminal acetylenes is 1. The van der Waals surface area contributed by atoms with Crippen LogP contribution in [0.5, 0.6) is 0 Å². The SMILES string of the molecule is C#Cc1cccc(NS(=O)(=O)C2CCCNC2)c1. The van der Waals surface area contributed by atoms with Gasteiger partial charge in [0.25, 0.3) is 0 Å². The van der Waals surface area contributed by atoms with Crippen molar-refractivity contribution < 1.29 is 8.42 Å². The zero-order chi connectivity index (χ0) is 13.0. The van der Waals surface area contributed by atoms with Gasteiger partial charge in [-0.2, -0.15) is 0 Å². The Hall–Kier alpha value is -1.51. The average molecular weight is 264 g/mol. The fourth-order valence-corrected chi connectivity index (χ4v) is 3.44. The molecule has 1 aliphatic rings. The molecule has 0 aromatic heterocycles. The van der Waals surface area contributed by atoms with Crippen LogP contribution in [0.2, 0.25) is 0 Å². The Balaban J connectivity index is 2.14. The van der Waals surface area contributed by atoms with Gasteiger partial charge in [0, 0.05) is 17.8 Å². The van der Waals surface area contributed by atoms with E-state index in [0.29, 0.717) is 24.2 Å². The third-order valence-corrected chi connectivity index (χ3v) is 4.78. The first kappa shape index (κ1) is 12.9. The molecule has 1 atom stereocenters. The molecule has 1 aromatic rings. The largest absolute Gasteiger partial charge is 0.315 e. The van der Waals surface area contributed by atoms with Crippen molar-refractivity contribution in [2.45, 2.75) is 18.1 Å². The number of hydrogen-bond donors (Lipinski definition) is 2. The van der Waals surface area contributed by atoms with Crippen molar-refractivity contribution in [3.63, 3.8) is 0 Å². The molecule has 2 rings (SSSR count). The van der Waals surface area contributed by atoms with Gasteiger partial charge < -0.3 is 5.32 Å². The molecule has 1 unspecified atom stereocenters. The van der Waals surface area contributed by atoms with E-state index in [1.165, 1.54) is 0 Å². The maximum atomic E-state index is 12.2. The lowest BCUT2D eigenvalue weighted by Crippen LogP contribution is -2.41. The van der Waals surface area contributed by atoms with Gasteiger partial charge >= 0.3 is 0 Å². The summed E-state index contributed by atoms with van der Waals surface area (Å²) >= 11 is 0. The highest BCUT2D eigenvalue weighted by Gasteiger charge is 2.26. The lowest BCUT2D eigenvalue weighted by atomic mass is 10.2. The van der Waals surface area contributed by atoms with Crippen LogP contribution in [0.4, 0.5) is 5.69 Å². The van der Waals surface area contributed by atoms with Crippen LogP contribution in [0.15, 0.2) is 24.3 Å². The minimum Gasteiger partial charge on any atom is -0.315 e. The van der Waals surface area contributed by atoms with Crippen LogP contribution in [-0.2, 0) is 10.0 Å². The standard InChI is InChI=1S/C13H16N2O2S/c1-2-11-5-3-6-12(9-11)15-18(16,17)13-7-4-8-14-10-13/h1,3,5-6,9,13-15H,4,7-8,10H2. The fraction of sp³-hybridized carbons (Fsp3) is 0.385. The quantitative estimate of drug-likeness (QED) is 0.806. The van der Waals surface area contributed by atoms with Crippen molar-refractivity contribution in [3.8, 4) is 12.3 Å². The lowest BCUT2D eigenvalue weighted by Gasteiger charge is -2.23. The number of hydrogen-bond acceptors (Lipinski definition) is 3. The second-order valence-corrected chi connectivity index (χ2v) is 6.30. The first-order chi connectivity index (χ1) is 8.62. The number of rotatable bonds is 3. The highest BCUT2D eigenvalue weighted by atomic mass is 32.2. The van der Waals surface area contributed by atoms with E-state index in [1.807, 2.05) is 0 Å². The predicted molar refractivity (Wildman–Crippen MR) is 72.8 cm³/mol. The molecule has 1 aromatic carbocycles. The maximum Gasteiger partial charge on any atom is 0.236 e. The smallest absolute Gasteiger partial charge is 0.236 e. The molecule has 0 saturated carbocycles. The van der Waals surface area contributed by atoms with Crippen molar-refractivity contribution >= 4 is 15.7 Å². The van der Waals surface area contributed by atoms with Gasteiger partial charge in [0.15, 0.2) is 0 Å². The van der Waals surface area contributed by atoms with Crippen LogP contribution < -0.4 is 10.0 Å². The van der Waals surface area contributed by atoms with Crippen LogP contribution >= 0.6 is 0 Å². The summed E-state index contributed by atoms with van der Waals surface area (Å²) in [6.45, 7) is 1.39. The molecule has 0 aliphatic carbocycles. The molecule has 2 N–H and O–H groups in total. The summed E-state index contributed by atoms with van der Waals surface area (Å²) in [4.78, 5) is 0. The van der Waals surface area contributed by atoms with Crippen molar-refractivity contribution in [1.29, 1.82) is 0 Å². The van der Waals surface area contributed by atoms with Gasteiger partial charge in [-0.3, -0.25) is 4.72 Å². The minimum atomic E-state index is -3.34. The molecular weight excluding hydrogens is 248 g/mol. The van der Waals surface area contributed by atoms with E-state index in [0.717, 1.165) is 13.0 Å². The zero-order valence-electron chi connectivity index (χ0n) is 10.0. The highest BCUT2D eigenvalue weighted by molar-refractivity contribution is 7.93. The van der Waals surface area contributed by atoms with Gasteiger partial charge in [0.05, 0.1) is 5.25 Å². The van der Waals surface area contributed by atoms with E-state index in [2.05, 4.69) is 16.0 Å². The molecule has 5 heteroatoms. The second kappa shape index (κ2) is 5.42. The normalized spacial score (nSPS) is 20.1. The molecule has 1 heterocycles. The molecule has 18 heavy (non-hydrogen) atoms. The third-order valence-electron chi connectivity index (χ3n) is 2.98. The number of nitrogens with one attached hydrogen (secondary N) is 2. The fourth-order valence-electron chi connectivity index (χ4n) is 2.00. The summed E-state index contributed by atoms with van der Waals surface area (Å²) in [7, 11) is -3.34. The summed E-state index contributed by atoms with van der Waals surface area (Å²) in [6.07, 6.45) is 6.86. The second-order valence-electron chi connectivity index (χ2n) is 4.34. The number of piperidine rings is 1. The Bertz CT molecular complexity index is 555. The number of sulfonamides is 1. The molecular formula is C13H16N2O2S. The number of anilines is 1. The van der Waals surface area contributed by atoms with Crippen molar-refractivity contribution in [1.82, 2.24) is 5.32 Å². The number of benzene rings is 1. The maximum absolute atomic E-state index is 12.2. The van der Waals surface area contributed by atoms with Crippen LogP contribution in [-0.4, -0.2) is 26.8 Å². The molecule has 0 amide bonds. The van der Waals surface area contributed by atoms with E-state index in [1.54, 1.807) is 24.3 Å². The molecule has 1 aliphatic heterocycles. The highest BCUT2D eigenvalue weighted by Crippen LogP contribution is 2.17. The van der Waals surface area contributed by atoms with Gasteiger partial charge in [-0.1, -0.05) is 12.0 Å². The molecule has 0 spiro atoms. The van der Waals surface area contributed by atoms with Crippen molar-refractivity contribution in [2.24, 2.45) is 0 Å². The molecule has 4 nitrogen and oxygen atoms in total. The van der Waals surface area contributed by atoms with E-state index >= 15 is 0 Å². The summed E-state index contributed by atoms with van der Waals surface area (Å²) in [5.41, 5.74) is 1.19.